The van der Waals surface area contributed by atoms with E-state index in [1.807, 2.05) is 0 Å². The van der Waals surface area contributed by atoms with E-state index >= 15 is 0 Å². The molecule has 0 atom stereocenters. The zero-order valence-corrected chi connectivity index (χ0v) is 11.3. The van der Waals surface area contributed by atoms with Crippen molar-refractivity contribution in [3.63, 3.8) is 0 Å². The molecule has 0 spiro atoms. The van der Waals surface area contributed by atoms with Gasteiger partial charge in [0.1, 0.15) is 0 Å². The molecule has 80 valence electrons. The monoisotopic (exact) mass is 297 g/mol. The molecule has 0 heterocycles. The van der Waals surface area contributed by atoms with Crippen LogP contribution in [0.25, 0.3) is 0 Å². The topological polar surface area (TPSA) is 3.24 Å². The van der Waals surface area contributed by atoms with E-state index in [2.05, 4.69) is 39.8 Å². The predicted molar refractivity (Wildman–Crippen MR) is 69.3 cm³/mol. The molecule has 0 amide bonds. The molecule has 0 saturated carbocycles. The summed E-state index contributed by atoms with van der Waals surface area (Å²) in [6, 6.07) is 0. The zero-order chi connectivity index (χ0) is 9.94. The first-order chi connectivity index (χ1) is 6.31. The Balaban J connectivity index is 3.05. The highest BCUT2D eigenvalue weighted by Crippen LogP contribution is 2.07. The summed E-state index contributed by atoms with van der Waals surface area (Å²) in [5, 5.41) is 0. The van der Waals surface area contributed by atoms with E-state index in [-0.39, 0.29) is 0 Å². The second-order valence-corrected chi connectivity index (χ2v) is 5.04. The first-order valence-corrected chi connectivity index (χ1v) is 6.68. The van der Waals surface area contributed by atoms with Gasteiger partial charge in [0.25, 0.3) is 0 Å². The molecule has 0 aliphatic carbocycles. The molecule has 0 saturated heterocycles. The van der Waals surface area contributed by atoms with E-state index in [1.165, 1.54) is 58.0 Å². The highest BCUT2D eigenvalue weighted by molar-refractivity contribution is 14.1. The second kappa shape index (κ2) is 10.8. The van der Waals surface area contributed by atoms with E-state index in [0.29, 0.717) is 0 Å². The largest absolute Gasteiger partial charge is 0.248 e. The van der Waals surface area contributed by atoms with Gasteiger partial charge in [0.2, 0.25) is 0 Å². The van der Waals surface area contributed by atoms with Crippen molar-refractivity contribution in [3.8, 4) is 0 Å². The van der Waals surface area contributed by atoms with Crippen LogP contribution in [0, 0.1) is 0 Å². The third-order valence-corrected chi connectivity index (χ3v) is 3.22. The molecule has 0 aliphatic rings. The van der Waals surface area contributed by atoms with Crippen LogP contribution < -0.4 is 0 Å². The zero-order valence-electron chi connectivity index (χ0n) is 9.19. The molecule has 13 heavy (non-hydrogen) atoms. The van der Waals surface area contributed by atoms with Gasteiger partial charge in [-0.3, -0.25) is 0 Å². The van der Waals surface area contributed by atoms with Crippen LogP contribution in [-0.4, -0.2) is 16.2 Å². The lowest BCUT2D eigenvalue weighted by Gasteiger charge is -2.13. The quantitative estimate of drug-likeness (QED) is 0.346. The maximum Gasteiger partial charge on any atom is 0.0201 e. The summed E-state index contributed by atoms with van der Waals surface area (Å²) in [4.78, 5) is 0. The highest BCUT2D eigenvalue weighted by Gasteiger charge is 1.98. The maximum absolute atomic E-state index is 2.47. The minimum Gasteiger partial charge on any atom is -0.248 e. The molecule has 0 aromatic heterocycles. The van der Waals surface area contributed by atoms with Crippen molar-refractivity contribution in [1.29, 1.82) is 0 Å². The molecule has 0 fully saturated rings. The fraction of sp³-hybridized carbons (Fsp3) is 1.00. The highest BCUT2D eigenvalue weighted by atomic mass is 127. The van der Waals surface area contributed by atoms with Gasteiger partial charge in [-0.25, -0.2) is 3.11 Å². The van der Waals surface area contributed by atoms with Crippen molar-refractivity contribution >= 4 is 22.9 Å². The summed E-state index contributed by atoms with van der Waals surface area (Å²) in [5.41, 5.74) is 0. The van der Waals surface area contributed by atoms with Crippen molar-refractivity contribution in [2.45, 2.75) is 58.8 Å². The summed E-state index contributed by atoms with van der Waals surface area (Å²) >= 11 is 2.47. The minimum atomic E-state index is 1.28. The molecular formula is C11H24IN. The van der Waals surface area contributed by atoms with E-state index in [4.69, 9.17) is 0 Å². The van der Waals surface area contributed by atoms with Crippen LogP contribution in [0.5, 0.6) is 0 Å². The third-order valence-electron chi connectivity index (χ3n) is 2.26. The van der Waals surface area contributed by atoms with Gasteiger partial charge in [0.15, 0.2) is 0 Å². The number of nitrogens with zero attached hydrogens (tertiary/aromatic N) is 1. The van der Waals surface area contributed by atoms with Crippen LogP contribution in [0.3, 0.4) is 0 Å². The van der Waals surface area contributed by atoms with E-state index in [9.17, 15) is 0 Å². The third kappa shape index (κ3) is 10.6. The maximum atomic E-state index is 2.47. The van der Waals surface area contributed by atoms with Gasteiger partial charge in [0, 0.05) is 36.0 Å². The summed E-state index contributed by atoms with van der Waals surface area (Å²) < 4.78 is 2.45. The van der Waals surface area contributed by atoms with Crippen molar-refractivity contribution in [2.75, 3.05) is 13.1 Å². The fourth-order valence-corrected chi connectivity index (χ4v) is 2.04. The lowest BCUT2D eigenvalue weighted by Crippen LogP contribution is -2.14. The first kappa shape index (κ1) is 13.7. The molecule has 2 heteroatoms. The number of hydrogen-bond acceptors (Lipinski definition) is 1. The molecule has 0 rings (SSSR count). The van der Waals surface area contributed by atoms with Gasteiger partial charge < -0.3 is 0 Å². The van der Waals surface area contributed by atoms with Gasteiger partial charge in [0.05, 0.1) is 0 Å². The van der Waals surface area contributed by atoms with Crippen molar-refractivity contribution < 1.29 is 0 Å². The van der Waals surface area contributed by atoms with Crippen LogP contribution in [0.4, 0.5) is 0 Å². The Morgan fingerprint density at radius 3 is 1.77 bits per heavy atom. The number of halogens is 1. The van der Waals surface area contributed by atoms with Crippen LogP contribution in [0.15, 0.2) is 0 Å². The van der Waals surface area contributed by atoms with Gasteiger partial charge in [-0.2, -0.15) is 0 Å². The smallest absolute Gasteiger partial charge is 0.0201 e. The Bertz CT molecular complexity index is 96.1. The molecule has 0 bridgehead atoms. The van der Waals surface area contributed by atoms with Crippen molar-refractivity contribution in [1.82, 2.24) is 3.11 Å². The minimum absolute atomic E-state index is 1.28. The Labute approximate surface area is 97.8 Å². The number of rotatable bonds is 9. The Morgan fingerprint density at radius 1 is 0.769 bits per heavy atom. The van der Waals surface area contributed by atoms with Crippen LogP contribution in [-0.2, 0) is 0 Å². The molecular weight excluding hydrogens is 273 g/mol. The van der Waals surface area contributed by atoms with E-state index < -0.39 is 0 Å². The Morgan fingerprint density at radius 2 is 1.23 bits per heavy atom. The van der Waals surface area contributed by atoms with Crippen LogP contribution >= 0.6 is 22.9 Å². The summed E-state index contributed by atoms with van der Waals surface area (Å²) in [6.07, 6.45) is 9.62. The average molecular weight is 297 g/mol. The summed E-state index contributed by atoms with van der Waals surface area (Å²) in [7, 11) is 0. The van der Waals surface area contributed by atoms with Crippen molar-refractivity contribution in [3.05, 3.63) is 0 Å². The van der Waals surface area contributed by atoms with Gasteiger partial charge in [-0.1, -0.05) is 46.0 Å². The van der Waals surface area contributed by atoms with Crippen LogP contribution in [0.2, 0.25) is 0 Å². The lowest BCUT2D eigenvalue weighted by atomic mass is 10.2. The summed E-state index contributed by atoms with van der Waals surface area (Å²) in [5.74, 6) is 0. The number of unbranched alkanes of at least 4 members (excludes halogenated alkanes) is 5. The van der Waals surface area contributed by atoms with E-state index in [1.54, 1.807) is 0 Å². The normalized spacial score (nSPS) is 11.1. The molecule has 0 aliphatic heterocycles. The molecule has 0 radical (unpaired) electrons. The average Bonchev–Trinajstić information content (AvgIpc) is 2.13. The Kier molecular flexibility index (Phi) is 11.3. The molecule has 0 aromatic rings. The molecule has 0 N–H and O–H groups in total. The van der Waals surface area contributed by atoms with Crippen molar-refractivity contribution in [2.24, 2.45) is 0 Å². The number of hydrogen-bond donors (Lipinski definition) is 0. The second-order valence-electron chi connectivity index (χ2n) is 3.68. The summed E-state index contributed by atoms with van der Waals surface area (Å²) in [6.45, 7) is 7.09. The van der Waals surface area contributed by atoms with Gasteiger partial charge >= 0.3 is 0 Å². The lowest BCUT2D eigenvalue weighted by molar-refractivity contribution is 0.460. The van der Waals surface area contributed by atoms with Gasteiger partial charge in [-0.05, 0) is 12.8 Å². The predicted octanol–water partition coefficient (Wildman–Crippen LogP) is 4.41. The van der Waals surface area contributed by atoms with Crippen LogP contribution in [0.1, 0.15) is 58.8 Å². The Hall–Kier alpha value is 0.690. The SMILES string of the molecule is CCCCCCN(I)CCCCC. The van der Waals surface area contributed by atoms with Gasteiger partial charge in [-0.15, -0.1) is 0 Å². The fourth-order valence-electron chi connectivity index (χ4n) is 1.36. The molecule has 1 nitrogen and oxygen atoms in total. The molecule has 0 unspecified atom stereocenters. The molecule has 0 aromatic carbocycles. The standard InChI is InChI=1S/C11H24IN/c1-3-5-7-9-11-13(12)10-8-6-4-2/h3-11H2,1-2H3. The first-order valence-electron chi connectivity index (χ1n) is 5.72. The van der Waals surface area contributed by atoms with E-state index in [0.717, 1.165) is 0 Å².